The number of aliphatic hydroxyl groups excluding tert-OH is 3. The summed E-state index contributed by atoms with van der Waals surface area (Å²) in [4.78, 5) is 14.1. The Bertz CT molecular complexity index is 931. The maximum absolute atomic E-state index is 11.4. The normalized spacial score (nSPS) is 11.7. The van der Waals surface area contributed by atoms with Crippen LogP contribution in [0, 0.1) is 6.07 Å². The number of hydrogen-bond donors (Lipinski definition) is 3. The van der Waals surface area contributed by atoms with Crippen molar-refractivity contribution in [2.75, 3.05) is 7.11 Å². The Hall–Kier alpha value is -2.43. The van der Waals surface area contributed by atoms with Gasteiger partial charge < -0.3 is 25.0 Å². The summed E-state index contributed by atoms with van der Waals surface area (Å²) in [5.74, 6) is -4.70. The minimum atomic E-state index is -5.42. The first-order valence-electron chi connectivity index (χ1n) is 8.18. The molecule has 0 bridgehead atoms. The van der Waals surface area contributed by atoms with E-state index in [1.165, 1.54) is 0 Å². The average molecular weight is 647 g/mol. The van der Waals surface area contributed by atoms with Crippen LogP contribution in [0.4, 0.5) is 26.3 Å². The van der Waals surface area contributed by atoms with Crippen molar-refractivity contribution in [3.8, 4) is 17.0 Å². The number of alkyl halides is 6. The van der Waals surface area contributed by atoms with E-state index in [1.807, 2.05) is 0 Å². The summed E-state index contributed by atoms with van der Waals surface area (Å²) in [7, 11) is 1.56. The fourth-order valence-electron chi connectivity index (χ4n) is 2.00. The SMILES string of the molecule is COc1c[c-]c(-c2cc(CO)ccn2)c(CO)c1.O=C(/C=C(\O)C(F)(F)F)C(F)(F)F.[Pt]. The number of hydrogen-bond acceptors (Lipinski definition) is 6. The first kappa shape index (κ1) is 29.6. The number of methoxy groups -OCH3 is 1. The van der Waals surface area contributed by atoms with Gasteiger partial charge >= 0.3 is 12.4 Å². The molecular formula is C19H16F6NO5Pt-. The Balaban J connectivity index is 0.000000617. The van der Waals surface area contributed by atoms with Crippen molar-refractivity contribution in [3.63, 3.8) is 0 Å². The van der Waals surface area contributed by atoms with Crippen molar-refractivity contribution in [1.29, 1.82) is 0 Å². The molecule has 0 radical (unpaired) electrons. The van der Waals surface area contributed by atoms with Gasteiger partial charge in [-0.3, -0.25) is 4.79 Å². The number of carbonyl (C=O) groups excluding carboxylic acids is 1. The van der Waals surface area contributed by atoms with E-state index in [0.717, 1.165) is 5.56 Å². The predicted octanol–water partition coefficient (Wildman–Crippen LogP) is 3.66. The summed E-state index contributed by atoms with van der Waals surface area (Å²) in [6.07, 6.45) is -10.1. The standard InChI is InChI=1S/C14H14NO3.C5H2F6O2.Pt/c1-18-12-2-3-13(11(7-12)9-17)14-6-10(8-16)4-5-15-14;6-4(7,8)2(12)1-3(13)5(9,10)11;/h2,4-7,16-17H,8-9H2,1H3;1,12H;/q-1;;/b;2-1-;. The summed E-state index contributed by atoms with van der Waals surface area (Å²) in [6, 6.07) is 10.0. The number of aromatic nitrogens is 1. The monoisotopic (exact) mass is 647 g/mol. The van der Waals surface area contributed by atoms with Crippen LogP contribution in [0.3, 0.4) is 0 Å². The second-order valence-corrected chi connectivity index (χ2v) is 5.69. The molecule has 13 heteroatoms. The first-order valence-corrected chi connectivity index (χ1v) is 8.18. The van der Waals surface area contributed by atoms with Gasteiger partial charge in [0.15, 0.2) is 0 Å². The molecule has 0 atom stereocenters. The minimum Gasteiger partial charge on any atom is -0.540 e. The molecule has 180 valence electrons. The molecule has 0 aliphatic rings. The molecule has 3 N–H and O–H groups in total. The van der Waals surface area contributed by atoms with E-state index >= 15 is 0 Å². The number of ether oxygens (including phenoxy) is 1. The number of aliphatic hydroxyl groups is 3. The van der Waals surface area contributed by atoms with Gasteiger partial charge in [-0.25, -0.2) is 0 Å². The molecular weight excluding hydrogens is 631 g/mol. The van der Waals surface area contributed by atoms with Gasteiger partial charge in [0, 0.05) is 45.7 Å². The van der Waals surface area contributed by atoms with Crippen molar-refractivity contribution in [1.82, 2.24) is 4.98 Å². The summed E-state index contributed by atoms with van der Waals surface area (Å²) in [5.41, 5.74) is 2.85. The van der Waals surface area contributed by atoms with Gasteiger partial charge in [-0.1, -0.05) is 17.7 Å². The zero-order chi connectivity index (χ0) is 23.8. The molecule has 0 saturated carbocycles. The van der Waals surface area contributed by atoms with Crippen LogP contribution in [-0.4, -0.2) is 45.5 Å². The quantitative estimate of drug-likeness (QED) is 0.199. The van der Waals surface area contributed by atoms with Crippen molar-refractivity contribution >= 4 is 5.78 Å². The van der Waals surface area contributed by atoms with E-state index in [2.05, 4.69) is 11.1 Å². The summed E-state index contributed by atoms with van der Waals surface area (Å²) < 4.78 is 73.1. The molecule has 0 unspecified atom stereocenters. The second kappa shape index (κ2) is 12.6. The number of nitrogens with zero attached hydrogens (tertiary/aromatic N) is 1. The Kier molecular flexibility index (Phi) is 11.6. The largest absolute Gasteiger partial charge is 0.540 e. The van der Waals surface area contributed by atoms with Crippen LogP contribution in [0.15, 0.2) is 42.3 Å². The first-order chi connectivity index (χ1) is 14.3. The summed E-state index contributed by atoms with van der Waals surface area (Å²) in [5, 5.41) is 26.4. The number of benzene rings is 1. The van der Waals surface area contributed by atoms with E-state index in [4.69, 9.17) is 14.9 Å². The number of halogens is 6. The van der Waals surface area contributed by atoms with Crippen LogP contribution in [0.1, 0.15) is 11.1 Å². The molecule has 0 spiro atoms. The fraction of sp³-hybridized carbons (Fsp3) is 0.263. The maximum atomic E-state index is 11.4. The van der Waals surface area contributed by atoms with Gasteiger partial charge in [0.2, 0.25) is 5.76 Å². The Labute approximate surface area is 192 Å². The van der Waals surface area contributed by atoms with Crippen LogP contribution in [0.5, 0.6) is 5.75 Å². The number of ketones is 1. The van der Waals surface area contributed by atoms with Crippen LogP contribution in [-0.2, 0) is 39.1 Å². The van der Waals surface area contributed by atoms with Gasteiger partial charge in [0.1, 0.15) is 0 Å². The van der Waals surface area contributed by atoms with Crippen LogP contribution in [0.25, 0.3) is 11.3 Å². The third-order valence-electron chi connectivity index (χ3n) is 3.50. The minimum absolute atomic E-state index is 0. The van der Waals surface area contributed by atoms with Crippen molar-refractivity contribution in [2.24, 2.45) is 0 Å². The van der Waals surface area contributed by atoms with Gasteiger partial charge in [-0.2, -0.15) is 26.3 Å². The molecule has 0 aliphatic carbocycles. The third kappa shape index (κ3) is 8.97. The molecule has 6 nitrogen and oxygen atoms in total. The Morgan fingerprint density at radius 3 is 2.22 bits per heavy atom. The Morgan fingerprint density at radius 1 is 1.12 bits per heavy atom. The molecule has 1 heterocycles. The van der Waals surface area contributed by atoms with Crippen molar-refractivity contribution < 1.29 is 72.3 Å². The van der Waals surface area contributed by atoms with Crippen LogP contribution < -0.4 is 4.74 Å². The van der Waals surface area contributed by atoms with E-state index in [9.17, 15) is 36.2 Å². The van der Waals surface area contributed by atoms with Gasteiger partial charge in [0.25, 0.3) is 5.78 Å². The molecule has 0 amide bonds. The number of rotatable bonds is 5. The molecule has 32 heavy (non-hydrogen) atoms. The Morgan fingerprint density at radius 2 is 1.75 bits per heavy atom. The van der Waals surface area contributed by atoms with Crippen LogP contribution in [0.2, 0.25) is 0 Å². The van der Waals surface area contributed by atoms with Gasteiger partial charge in [0.05, 0.1) is 13.7 Å². The predicted molar refractivity (Wildman–Crippen MR) is 94.7 cm³/mol. The van der Waals surface area contributed by atoms with Gasteiger partial charge in [-0.15, -0.1) is 17.7 Å². The summed E-state index contributed by atoms with van der Waals surface area (Å²) in [6.45, 7) is -0.159. The van der Waals surface area contributed by atoms with Crippen molar-refractivity contribution in [3.05, 3.63) is 59.5 Å². The van der Waals surface area contributed by atoms with Crippen molar-refractivity contribution in [2.45, 2.75) is 25.6 Å². The second-order valence-electron chi connectivity index (χ2n) is 5.69. The van der Waals surface area contributed by atoms with E-state index < -0.39 is 30.0 Å². The fourth-order valence-corrected chi connectivity index (χ4v) is 2.00. The topological polar surface area (TPSA) is 99.9 Å². The number of pyridine rings is 1. The molecule has 2 rings (SSSR count). The van der Waals surface area contributed by atoms with Crippen LogP contribution >= 0.6 is 0 Å². The van der Waals surface area contributed by atoms with E-state index in [0.29, 0.717) is 22.6 Å². The average Bonchev–Trinajstić information content (AvgIpc) is 2.72. The molecule has 0 saturated heterocycles. The number of carbonyl (C=O) groups is 1. The third-order valence-corrected chi connectivity index (χ3v) is 3.50. The molecule has 0 fully saturated rings. The molecule has 0 aliphatic heterocycles. The smallest absolute Gasteiger partial charge is 0.454 e. The zero-order valence-electron chi connectivity index (χ0n) is 16.1. The molecule has 1 aromatic heterocycles. The molecule has 1 aromatic carbocycles. The molecule has 2 aromatic rings. The van der Waals surface area contributed by atoms with E-state index in [-0.39, 0.29) is 34.3 Å². The maximum Gasteiger partial charge on any atom is 0.454 e. The summed E-state index contributed by atoms with van der Waals surface area (Å²) >= 11 is 0. The van der Waals surface area contributed by atoms with Gasteiger partial charge in [-0.05, 0) is 17.3 Å². The van der Waals surface area contributed by atoms with E-state index in [1.54, 1.807) is 37.6 Å². The zero-order valence-corrected chi connectivity index (χ0v) is 18.3. The number of allylic oxidation sites excluding steroid dienone is 2.